The van der Waals surface area contributed by atoms with E-state index in [-0.39, 0.29) is 11.5 Å². The van der Waals surface area contributed by atoms with Crippen LogP contribution in [0.2, 0.25) is 5.02 Å². The Hall–Kier alpha value is -2.06. The summed E-state index contributed by atoms with van der Waals surface area (Å²) in [5, 5.41) is 5.51. The summed E-state index contributed by atoms with van der Waals surface area (Å²) >= 11 is 7.16. The quantitative estimate of drug-likeness (QED) is 0.564. The van der Waals surface area contributed by atoms with Crippen molar-refractivity contribution in [2.45, 2.75) is 44.6 Å². The van der Waals surface area contributed by atoms with Gasteiger partial charge in [-0.3, -0.25) is 19.5 Å². The molecule has 2 N–H and O–H groups in total. The summed E-state index contributed by atoms with van der Waals surface area (Å²) in [6.45, 7) is 8.29. The predicted molar refractivity (Wildman–Crippen MR) is 108 cm³/mol. The first kappa shape index (κ1) is 21.2. The van der Waals surface area contributed by atoms with Crippen LogP contribution in [0.15, 0.2) is 28.2 Å². The molecular weight excluding hydrogens is 388 g/mol. The Morgan fingerprint density at radius 2 is 2.00 bits per heavy atom. The highest BCUT2D eigenvalue weighted by atomic mass is 35.5. The zero-order valence-electron chi connectivity index (χ0n) is 15.7. The van der Waals surface area contributed by atoms with Crippen molar-refractivity contribution in [1.82, 2.24) is 20.2 Å². The third kappa shape index (κ3) is 5.46. The van der Waals surface area contributed by atoms with Crippen molar-refractivity contribution >= 4 is 46.2 Å². The Morgan fingerprint density at radius 3 is 2.63 bits per heavy atom. The highest BCUT2D eigenvalue weighted by Gasteiger charge is 2.21. The van der Waals surface area contributed by atoms with Gasteiger partial charge in [-0.2, -0.15) is 0 Å². The van der Waals surface area contributed by atoms with E-state index in [4.69, 9.17) is 11.6 Å². The number of carbonyl (C=O) groups is 2. The number of imide groups is 1. The molecule has 0 aliphatic carbocycles. The summed E-state index contributed by atoms with van der Waals surface area (Å²) in [6.07, 6.45) is 0. The molecule has 0 aliphatic heterocycles. The minimum absolute atomic E-state index is 0.199. The first-order chi connectivity index (χ1) is 12.7. The number of amides is 3. The van der Waals surface area contributed by atoms with Gasteiger partial charge in [0.2, 0.25) is 5.91 Å². The van der Waals surface area contributed by atoms with Crippen LogP contribution in [0.25, 0.3) is 10.9 Å². The maximum absolute atomic E-state index is 12.9. The van der Waals surface area contributed by atoms with Crippen LogP contribution in [0.5, 0.6) is 0 Å². The van der Waals surface area contributed by atoms with Crippen LogP contribution in [-0.4, -0.2) is 33.3 Å². The summed E-state index contributed by atoms with van der Waals surface area (Å²) in [4.78, 5) is 41.3. The minimum Gasteiger partial charge on any atom is -0.338 e. The number of nitrogens with zero attached hydrogens (tertiary/aromatic N) is 2. The summed E-state index contributed by atoms with van der Waals surface area (Å²) < 4.78 is 1.56. The van der Waals surface area contributed by atoms with E-state index in [9.17, 15) is 14.4 Å². The maximum Gasteiger partial charge on any atom is 0.321 e. The molecule has 1 aromatic carbocycles. The fourth-order valence-corrected chi connectivity index (χ4v) is 3.51. The number of nitrogens with one attached hydrogen (secondary N) is 2. The van der Waals surface area contributed by atoms with E-state index in [1.54, 1.807) is 36.6 Å². The number of aromatic nitrogens is 2. The van der Waals surface area contributed by atoms with Gasteiger partial charge in [0.05, 0.1) is 16.2 Å². The van der Waals surface area contributed by atoms with Crippen LogP contribution in [-0.2, 0) is 11.3 Å². The van der Waals surface area contributed by atoms with Crippen LogP contribution < -0.4 is 16.2 Å². The summed E-state index contributed by atoms with van der Waals surface area (Å²) in [5.74, 6) is -0.243. The smallest absolute Gasteiger partial charge is 0.321 e. The highest BCUT2D eigenvalue weighted by molar-refractivity contribution is 8.00. The van der Waals surface area contributed by atoms with E-state index in [0.717, 1.165) is 11.8 Å². The van der Waals surface area contributed by atoms with Gasteiger partial charge in [0.25, 0.3) is 5.56 Å². The van der Waals surface area contributed by atoms with Gasteiger partial charge in [0.15, 0.2) is 5.16 Å². The van der Waals surface area contributed by atoms with E-state index in [1.807, 2.05) is 13.8 Å². The van der Waals surface area contributed by atoms with Gasteiger partial charge in [0.1, 0.15) is 0 Å². The molecule has 0 bridgehead atoms. The van der Waals surface area contributed by atoms with Gasteiger partial charge in [0, 0.05) is 18.1 Å². The van der Waals surface area contributed by atoms with Crippen molar-refractivity contribution in [3.63, 3.8) is 0 Å². The van der Waals surface area contributed by atoms with Crippen molar-refractivity contribution in [2.75, 3.05) is 6.54 Å². The molecule has 1 aromatic heterocycles. The molecule has 9 heteroatoms. The van der Waals surface area contributed by atoms with Crippen LogP contribution in [0.4, 0.5) is 4.79 Å². The number of rotatable bonds is 6. The largest absolute Gasteiger partial charge is 0.338 e. The number of urea groups is 1. The second kappa shape index (κ2) is 9.23. The molecule has 27 heavy (non-hydrogen) atoms. The Morgan fingerprint density at radius 1 is 1.30 bits per heavy atom. The second-order valence-corrected chi connectivity index (χ2v) is 8.22. The molecular formula is C18H23ClN4O3S. The number of benzene rings is 1. The fourth-order valence-electron chi connectivity index (χ4n) is 2.42. The van der Waals surface area contributed by atoms with Crippen molar-refractivity contribution in [3.05, 3.63) is 33.6 Å². The molecule has 2 rings (SSSR count). The monoisotopic (exact) mass is 410 g/mol. The number of thioether (sulfide) groups is 1. The molecule has 0 aliphatic rings. The molecule has 1 atom stereocenters. The lowest BCUT2D eigenvalue weighted by atomic mass is 10.2. The lowest BCUT2D eigenvalue weighted by Gasteiger charge is -2.17. The summed E-state index contributed by atoms with van der Waals surface area (Å²) in [5.41, 5.74) is 0.318. The Kier molecular flexibility index (Phi) is 7.26. The SMILES string of the molecule is CCNC(=O)NC(=O)[C@@H](C)Sc1nc2ccc(Cl)cc2c(=O)n1CC(C)C. The lowest BCUT2D eigenvalue weighted by molar-refractivity contribution is -0.119. The van der Waals surface area contributed by atoms with Crippen molar-refractivity contribution in [2.24, 2.45) is 5.92 Å². The predicted octanol–water partition coefficient (Wildman–Crippen LogP) is 3.03. The van der Waals surface area contributed by atoms with Gasteiger partial charge in [-0.15, -0.1) is 0 Å². The number of hydrogen-bond acceptors (Lipinski definition) is 5. The minimum atomic E-state index is -0.609. The Labute approximate surface area is 166 Å². The first-order valence-electron chi connectivity index (χ1n) is 8.68. The van der Waals surface area contributed by atoms with E-state index in [0.29, 0.717) is 34.2 Å². The third-order valence-electron chi connectivity index (χ3n) is 3.65. The summed E-state index contributed by atoms with van der Waals surface area (Å²) in [7, 11) is 0. The van der Waals surface area contributed by atoms with Crippen LogP contribution in [0, 0.1) is 5.92 Å². The highest BCUT2D eigenvalue weighted by Crippen LogP contribution is 2.24. The molecule has 3 amide bonds. The Balaban J connectivity index is 2.38. The molecule has 0 radical (unpaired) electrons. The summed E-state index contributed by atoms with van der Waals surface area (Å²) in [6, 6.07) is 4.41. The van der Waals surface area contributed by atoms with E-state index >= 15 is 0 Å². The average molecular weight is 411 g/mol. The standard InChI is InChI=1S/C18H23ClN4O3S/c1-5-20-17(26)22-15(24)11(4)27-18-21-14-7-6-12(19)8-13(14)16(25)23(18)9-10(2)3/h6-8,10-11H,5,9H2,1-4H3,(H2,20,22,24,26)/t11-/m1/s1. The van der Waals surface area contributed by atoms with Gasteiger partial charge >= 0.3 is 6.03 Å². The average Bonchev–Trinajstić information content (AvgIpc) is 2.58. The van der Waals surface area contributed by atoms with Gasteiger partial charge < -0.3 is 5.32 Å². The molecule has 2 aromatic rings. The normalized spacial score (nSPS) is 12.2. The zero-order chi connectivity index (χ0) is 20.1. The van der Waals surface area contributed by atoms with Gasteiger partial charge in [-0.25, -0.2) is 9.78 Å². The molecule has 1 heterocycles. The van der Waals surface area contributed by atoms with Crippen LogP contribution in [0.1, 0.15) is 27.7 Å². The zero-order valence-corrected chi connectivity index (χ0v) is 17.3. The van der Waals surface area contributed by atoms with Crippen LogP contribution >= 0.6 is 23.4 Å². The Bertz CT molecular complexity index is 913. The molecule has 0 saturated heterocycles. The van der Waals surface area contributed by atoms with E-state index in [1.165, 1.54) is 0 Å². The van der Waals surface area contributed by atoms with Crippen molar-refractivity contribution < 1.29 is 9.59 Å². The van der Waals surface area contributed by atoms with Gasteiger partial charge in [-0.1, -0.05) is 37.2 Å². The van der Waals surface area contributed by atoms with Crippen molar-refractivity contribution in [3.8, 4) is 0 Å². The molecule has 146 valence electrons. The molecule has 0 saturated carbocycles. The topological polar surface area (TPSA) is 93.1 Å². The molecule has 7 nitrogen and oxygen atoms in total. The molecule has 0 spiro atoms. The third-order valence-corrected chi connectivity index (χ3v) is 4.98. The first-order valence-corrected chi connectivity index (χ1v) is 9.94. The van der Waals surface area contributed by atoms with Crippen LogP contribution in [0.3, 0.4) is 0 Å². The second-order valence-electron chi connectivity index (χ2n) is 6.47. The lowest BCUT2D eigenvalue weighted by Crippen LogP contribution is -2.42. The number of fused-ring (bicyclic) bond motifs is 1. The molecule has 0 unspecified atom stereocenters. The number of carbonyl (C=O) groups excluding carboxylic acids is 2. The van der Waals surface area contributed by atoms with E-state index in [2.05, 4.69) is 15.6 Å². The number of hydrogen-bond donors (Lipinski definition) is 2. The fraction of sp³-hybridized carbons (Fsp3) is 0.444. The van der Waals surface area contributed by atoms with Crippen molar-refractivity contribution in [1.29, 1.82) is 0 Å². The van der Waals surface area contributed by atoms with Gasteiger partial charge in [-0.05, 0) is 38.0 Å². The molecule has 0 fully saturated rings. The van der Waals surface area contributed by atoms with E-state index < -0.39 is 17.2 Å². The number of halogens is 1. The maximum atomic E-state index is 12.9.